The first-order chi connectivity index (χ1) is 10.4. The second-order valence-corrected chi connectivity index (χ2v) is 6.02. The first-order valence-electron chi connectivity index (χ1n) is 7.85. The lowest BCUT2D eigenvalue weighted by Gasteiger charge is -2.11. The van der Waals surface area contributed by atoms with Crippen molar-refractivity contribution in [2.75, 3.05) is 0 Å². The van der Waals surface area contributed by atoms with E-state index in [2.05, 4.69) is 53.5 Å². The molecule has 4 rings (SSSR count). The van der Waals surface area contributed by atoms with Crippen molar-refractivity contribution in [1.82, 2.24) is 4.98 Å². The van der Waals surface area contributed by atoms with Gasteiger partial charge in [0.25, 0.3) is 0 Å². The van der Waals surface area contributed by atoms with Gasteiger partial charge in [-0.2, -0.15) is 0 Å². The monoisotopic (exact) mass is 273 g/mol. The summed E-state index contributed by atoms with van der Waals surface area (Å²) < 4.78 is 0. The van der Waals surface area contributed by atoms with Gasteiger partial charge in [-0.3, -0.25) is 4.98 Å². The molecule has 0 bridgehead atoms. The number of hydrogen-bond acceptors (Lipinski definition) is 1. The van der Waals surface area contributed by atoms with E-state index in [1.807, 2.05) is 12.3 Å². The molecule has 0 saturated heterocycles. The molecule has 21 heavy (non-hydrogen) atoms. The predicted octanol–water partition coefficient (Wildman–Crippen LogP) is 5.56. The Kier molecular flexibility index (Phi) is 3.19. The average Bonchev–Trinajstić information content (AvgIpc) is 3.09. The first kappa shape index (κ1) is 12.6. The van der Waals surface area contributed by atoms with Gasteiger partial charge in [-0.1, -0.05) is 61.4 Å². The zero-order valence-electron chi connectivity index (χ0n) is 12.1. The third-order valence-corrected chi connectivity index (χ3v) is 4.64. The minimum atomic E-state index is 0.766. The van der Waals surface area contributed by atoms with Crippen LogP contribution in [0, 0.1) is 0 Å². The van der Waals surface area contributed by atoms with Gasteiger partial charge in [0.05, 0.1) is 5.69 Å². The lowest BCUT2D eigenvalue weighted by atomic mass is 9.95. The maximum absolute atomic E-state index is 4.60. The Morgan fingerprint density at radius 3 is 2.43 bits per heavy atom. The molecule has 1 heterocycles. The molecule has 3 aromatic rings. The lowest BCUT2D eigenvalue weighted by molar-refractivity contribution is 0.724. The minimum Gasteiger partial charge on any atom is -0.256 e. The van der Waals surface area contributed by atoms with Crippen LogP contribution in [0.15, 0.2) is 60.8 Å². The van der Waals surface area contributed by atoms with Crippen LogP contribution in [0.5, 0.6) is 0 Å². The van der Waals surface area contributed by atoms with Crippen molar-refractivity contribution >= 4 is 10.8 Å². The molecule has 2 aromatic carbocycles. The van der Waals surface area contributed by atoms with Gasteiger partial charge in [-0.15, -0.1) is 0 Å². The Morgan fingerprint density at radius 1 is 0.810 bits per heavy atom. The van der Waals surface area contributed by atoms with Gasteiger partial charge in [-0.05, 0) is 35.8 Å². The van der Waals surface area contributed by atoms with E-state index in [0.717, 1.165) is 11.6 Å². The Balaban J connectivity index is 1.78. The summed E-state index contributed by atoms with van der Waals surface area (Å²) in [5.74, 6) is 0.766. The van der Waals surface area contributed by atoms with E-state index in [1.54, 1.807) is 0 Å². The molecule has 1 aliphatic carbocycles. The molecule has 0 amide bonds. The summed E-state index contributed by atoms with van der Waals surface area (Å²) in [7, 11) is 0. The number of aromatic nitrogens is 1. The number of pyridine rings is 1. The SMILES string of the molecule is c1ccc(-c2cc3cc(C4CCCC4)ccc3cn2)cc1. The van der Waals surface area contributed by atoms with Crippen molar-refractivity contribution in [3.63, 3.8) is 0 Å². The second kappa shape index (κ2) is 5.33. The molecule has 104 valence electrons. The van der Waals surface area contributed by atoms with Gasteiger partial charge >= 0.3 is 0 Å². The molecule has 0 spiro atoms. The molecule has 0 aliphatic heterocycles. The Labute approximate surface area is 125 Å². The maximum Gasteiger partial charge on any atom is 0.0708 e. The van der Waals surface area contributed by atoms with Crippen LogP contribution in [0.25, 0.3) is 22.0 Å². The summed E-state index contributed by atoms with van der Waals surface area (Å²) in [6, 6.07) is 19.5. The number of benzene rings is 2. The summed E-state index contributed by atoms with van der Waals surface area (Å²) in [4.78, 5) is 4.60. The molecule has 1 heteroatoms. The van der Waals surface area contributed by atoms with Crippen LogP contribution >= 0.6 is 0 Å². The van der Waals surface area contributed by atoms with Gasteiger partial charge in [-0.25, -0.2) is 0 Å². The molecule has 1 aliphatic rings. The minimum absolute atomic E-state index is 0.766. The Bertz CT molecular complexity index is 755. The lowest BCUT2D eigenvalue weighted by Crippen LogP contribution is -1.92. The van der Waals surface area contributed by atoms with Crippen molar-refractivity contribution < 1.29 is 0 Å². The smallest absolute Gasteiger partial charge is 0.0708 e. The maximum atomic E-state index is 4.60. The number of rotatable bonds is 2. The van der Waals surface area contributed by atoms with E-state index in [0.29, 0.717) is 0 Å². The van der Waals surface area contributed by atoms with Crippen molar-refractivity contribution in [2.45, 2.75) is 31.6 Å². The van der Waals surface area contributed by atoms with Crippen LogP contribution in [0.1, 0.15) is 37.2 Å². The topological polar surface area (TPSA) is 12.9 Å². The van der Waals surface area contributed by atoms with Crippen LogP contribution < -0.4 is 0 Å². The van der Waals surface area contributed by atoms with Gasteiger partial charge in [0.2, 0.25) is 0 Å². The molecule has 0 unspecified atom stereocenters. The summed E-state index contributed by atoms with van der Waals surface area (Å²) in [5, 5.41) is 2.55. The van der Waals surface area contributed by atoms with Gasteiger partial charge in [0, 0.05) is 17.1 Å². The highest BCUT2D eigenvalue weighted by Gasteiger charge is 2.17. The quantitative estimate of drug-likeness (QED) is 0.595. The molecular formula is C20H19N. The van der Waals surface area contributed by atoms with Crippen molar-refractivity contribution in [2.24, 2.45) is 0 Å². The fourth-order valence-corrected chi connectivity index (χ4v) is 3.44. The fraction of sp³-hybridized carbons (Fsp3) is 0.250. The van der Waals surface area contributed by atoms with E-state index < -0.39 is 0 Å². The van der Waals surface area contributed by atoms with E-state index >= 15 is 0 Å². The van der Waals surface area contributed by atoms with Crippen molar-refractivity contribution in [3.05, 3.63) is 66.4 Å². The molecular weight excluding hydrogens is 254 g/mol. The van der Waals surface area contributed by atoms with E-state index in [4.69, 9.17) is 0 Å². The van der Waals surface area contributed by atoms with Crippen LogP contribution in [-0.4, -0.2) is 4.98 Å². The summed E-state index contributed by atoms with van der Waals surface area (Å²) in [6.07, 6.45) is 7.46. The highest BCUT2D eigenvalue weighted by molar-refractivity contribution is 5.85. The first-order valence-corrected chi connectivity index (χ1v) is 7.85. The fourth-order valence-electron chi connectivity index (χ4n) is 3.44. The highest BCUT2D eigenvalue weighted by Crippen LogP contribution is 2.35. The summed E-state index contributed by atoms with van der Waals surface area (Å²) in [5.41, 5.74) is 3.75. The second-order valence-electron chi connectivity index (χ2n) is 6.02. The normalized spacial score (nSPS) is 15.6. The van der Waals surface area contributed by atoms with E-state index in [1.165, 1.54) is 47.6 Å². The molecule has 0 N–H and O–H groups in total. The molecule has 1 nitrogen and oxygen atoms in total. The zero-order chi connectivity index (χ0) is 14.1. The summed E-state index contributed by atoms with van der Waals surface area (Å²) >= 11 is 0. The number of fused-ring (bicyclic) bond motifs is 1. The predicted molar refractivity (Wildman–Crippen MR) is 88.4 cm³/mol. The van der Waals surface area contributed by atoms with Crippen molar-refractivity contribution in [1.29, 1.82) is 0 Å². The Morgan fingerprint density at radius 2 is 1.62 bits per heavy atom. The standard InChI is InChI=1S/C20H19N/c1-2-8-16(9-3-1)20-13-19-12-17(15-6-4-5-7-15)10-11-18(19)14-21-20/h1-3,8-15H,4-7H2. The average molecular weight is 273 g/mol. The largest absolute Gasteiger partial charge is 0.256 e. The van der Waals surface area contributed by atoms with E-state index in [9.17, 15) is 0 Å². The van der Waals surface area contributed by atoms with Gasteiger partial charge in [0.15, 0.2) is 0 Å². The Hall–Kier alpha value is -2.15. The zero-order valence-corrected chi connectivity index (χ0v) is 12.1. The summed E-state index contributed by atoms with van der Waals surface area (Å²) in [6.45, 7) is 0. The molecule has 0 radical (unpaired) electrons. The third kappa shape index (κ3) is 2.44. The molecule has 1 aromatic heterocycles. The molecule has 1 fully saturated rings. The van der Waals surface area contributed by atoms with Crippen LogP contribution in [0.2, 0.25) is 0 Å². The van der Waals surface area contributed by atoms with Crippen LogP contribution in [0.3, 0.4) is 0 Å². The third-order valence-electron chi connectivity index (χ3n) is 4.64. The van der Waals surface area contributed by atoms with E-state index in [-0.39, 0.29) is 0 Å². The van der Waals surface area contributed by atoms with Gasteiger partial charge in [0.1, 0.15) is 0 Å². The van der Waals surface area contributed by atoms with Crippen LogP contribution in [-0.2, 0) is 0 Å². The molecule has 0 atom stereocenters. The molecule has 1 saturated carbocycles. The van der Waals surface area contributed by atoms with Crippen molar-refractivity contribution in [3.8, 4) is 11.3 Å². The highest BCUT2D eigenvalue weighted by atomic mass is 14.7. The number of hydrogen-bond donors (Lipinski definition) is 0. The van der Waals surface area contributed by atoms with Gasteiger partial charge < -0.3 is 0 Å². The number of nitrogens with zero attached hydrogens (tertiary/aromatic N) is 1. The van der Waals surface area contributed by atoms with Crippen LogP contribution in [0.4, 0.5) is 0 Å².